The van der Waals surface area contributed by atoms with E-state index in [1.165, 1.54) is 0 Å². The molecule has 0 aromatic heterocycles. The fraction of sp³-hybridized carbons (Fsp3) is 0.312. The Bertz CT molecular complexity index is 1380. The van der Waals surface area contributed by atoms with Crippen molar-refractivity contribution in [2.24, 2.45) is 17.8 Å². The van der Waals surface area contributed by atoms with E-state index in [9.17, 15) is 19.2 Å². The van der Waals surface area contributed by atoms with Crippen LogP contribution in [-0.2, 0) is 19.1 Å². The van der Waals surface area contributed by atoms with Crippen LogP contribution in [0.15, 0.2) is 72.8 Å². The summed E-state index contributed by atoms with van der Waals surface area (Å²) in [5.41, 5.74) is 4.65. The van der Waals surface area contributed by atoms with Gasteiger partial charge in [-0.15, -0.1) is 0 Å². The summed E-state index contributed by atoms with van der Waals surface area (Å²) in [4.78, 5) is 55.4. The Hall–Kier alpha value is -3.77. The molecule has 0 radical (unpaired) electrons. The lowest BCUT2D eigenvalue weighted by atomic mass is 9.55. The van der Waals surface area contributed by atoms with Crippen LogP contribution in [0.2, 0.25) is 5.02 Å². The first-order valence-corrected chi connectivity index (χ1v) is 13.7. The lowest BCUT2D eigenvalue weighted by Crippen LogP contribution is -2.47. The van der Waals surface area contributed by atoms with Gasteiger partial charge in [0.1, 0.15) is 6.04 Å². The number of hydrogen-bond acceptors (Lipinski definition) is 5. The molecule has 4 aliphatic rings. The highest BCUT2D eigenvalue weighted by Crippen LogP contribution is 2.61. The van der Waals surface area contributed by atoms with Crippen LogP contribution in [0.4, 0.5) is 0 Å². The predicted molar refractivity (Wildman–Crippen MR) is 145 cm³/mol. The highest BCUT2D eigenvalue weighted by molar-refractivity contribution is 6.30. The van der Waals surface area contributed by atoms with Gasteiger partial charge >= 0.3 is 5.97 Å². The Morgan fingerprint density at radius 2 is 1.26 bits per heavy atom. The Labute approximate surface area is 231 Å². The summed E-state index contributed by atoms with van der Waals surface area (Å²) in [6.07, 6.45) is 0.250. The molecule has 1 fully saturated rings. The van der Waals surface area contributed by atoms with E-state index in [4.69, 9.17) is 16.3 Å². The second kappa shape index (κ2) is 9.76. The molecule has 3 atom stereocenters. The monoisotopic (exact) mass is 541 g/mol. The van der Waals surface area contributed by atoms with Gasteiger partial charge < -0.3 is 4.74 Å². The van der Waals surface area contributed by atoms with Gasteiger partial charge in [-0.25, -0.2) is 4.79 Å². The third kappa shape index (κ3) is 4.09. The first-order chi connectivity index (χ1) is 18.8. The van der Waals surface area contributed by atoms with Crippen LogP contribution >= 0.6 is 11.6 Å². The molecule has 3 aliphatic carbocycles. The number of amides is 2. The van der Waals surface area contributed by atoms with Crippen molar-refractivity contribution in [1.82, 2.24) is 4.90 Å². The van der Waals surface area contributed by atoms with Gasteiger partial charge in [0.2, 0.25) is 11.8 Å². The number of likely N-dealkylation sites (tertiary alicyclic amines) is 1. The molecule has 6 nitrogen and oxygen atoms in total. The molecule has 0 spiro atoms. The number of ether oxygens (including phenoxy) is 1. The minimum Gasteiger partial charge on any atom is -0.456 e. The zero-order chi connectivity index (χ0) is 27.4. The lowest BCUT2D eigenvalue weighted by molar-refractivity contribution is -0.158. The van der Waals surface area contributed by atoms with Crippen LogP contribution in [-0.4, -0.2) is 41.1 Å². The number of benzene rings is 3. The summed E-state index contributed by atoms with van der Waals surface area (Å²) < 4.78 is 5.44. The predicted octanol–water partition coefficient (Wildman–Crippen LogP) is 5.37. The standard InChI is InChI=1S/C32H28ClNO5/c1-17(2)15-24(32(38)39-16-25(35)18-11-13-19(33)14-12-18)34-30(36)28-26-20-7-3-4-8-21(20)27(29(28)31(34)37)23-10-6-5-9-22(23)26/h3-14,17,24,26-29H,15-16H2,1-2H3/t24-,26?,27?,28-,29-/m1/s1. The quantitative estimate of drug-likeness (QED) is 0.228. The van der Waals surface area contributed by atoms with Crippen molar-refractivity contribution >= 4 is 35.2 Å². The third-order valence-electron chi connectivity index (χ3n) is 8.27. The highest BCUT2D eigenvalue weighted by Gasteiger charge is 2.63. The Balaban J connectivity index is 1.31. The molecule has 1 aliphatic heterocycles. The summed E-state index contributed by atoms with van der Waals surface area (Å²) in [7, 11) is 0. The molecule has 1 heterocycles. The SMILES string of the molecule is CC(C)C[C@H](C(=O)OCC(=O)c1ccc(Cl)cc1)N1C(=O)[C@@H]2C3c4ccccc4C(c4ccccc43)[C@H]2C1=O. The van der Waals surface area contributed by atoms with Gasteiger partial charge in [-0.05, 0) is 58.9 Å². The first kappa shape index (κ1) is 25.5. The number of halogens is 1. The fourth-order valence-electron chi connectivity index (χ4n) is 6.71. The van der Waals surface area contributed by atoms with Gasteiger partial charge in [-0.3, -0.25) is 19.3 Å². The van der Waals surface area contributed by atoms with Crippen LogP contribution in [0.1, 0.15) is 64.7 Å². The summed E-state index contributed by atoms with van der Waals surface area (Å²) in [5, 5.41) is 0.492. The van der Waals surface area contributed by atoms with Crippen molar-refractivity contribution < 1.29 is 23.9 Å². The molecular formula is C32H28ClNO5. The van der Waals surface area contributed by atoms with Crippen LogP contribution in [0.25, 0.3) is 0 Å². The van der Waals surface area contributed by atoms with E-state index < -0.39 is 30.5 Å². The number of carbonyl (C=O) groups excluding carboxylic acids is 4. The minimum absolute atomic E-state index is 0.00358. The first-order valence-electron chi connectivity index (χ1n) is 13.3. The Morgan fingerprint density at radius 3 is 1.69 bits per heavy atom. The summed E-state index contributed by atoms with van der Waals surface area (Å²) in [6, 6.07) is 21.2. The smallest absolute Gasteiger partial charge is 0.329 e. The number of Topliss-reactive ketones (excluding diaryl/α,β-unsaturated/α-hetero) is 1. The second-order valence-electron chi connectivity index (χ2n) is 11.0. The number of carbonyl (C=O) groups is 4. The third-order valence-corrected chi connectivity index (χ3v) is 8.52. The summed E-state index contributed by atoms with van der Waals surface area (Å²) >= 11 is 5.90. The number of ketones is 1. The van der Waals surface area contributed by atoms with Gasteiger partial charge in [0.15, 0.2) is 12.4 Å². The van der Waals surface area contributed by atoms with Gasteiger partial charge in [-0.2, -0.15) is 0 Å². The molecule has 0 N–H and O–H groups in total. The molecule has 7 heteroatoms. The molecule has 2 amide bonds. The van der Waals surface area contributed by atoms with Crippen LogP contribution < -0.4 is 0 Å². The van der Waals surface area contributed by atoms with Crippen LogP contribution in [0, 0.1) is 17.8 Å². The summed E-state index contributed by atoms with van der Waals surface area (Å²) in [5.74, 6) is -3.47. The number of imide groups is 1. The Kier molecular flexibility index (Phi) is 6.38. The molecule has 1 saturated heterocycles. The van der Waals surface area contributed by atoms with E-state index in [-0.39, 0.29) is 41.8 Å². The van der Waals surface area contributed by atoms with Crippen molar-refractivity contribution in [2.75, 3.05) is 6.61 Å². The second-order valence-corrected chi connectivity index (χ2v) is 11.4. The molecule has 2 bridgehead atoms. The van der Waals surface area contributed by atoms with E-state index in [0.717, 1.165) is 27.2 Å². The fourth-order valence-corrected chi connectivity index (χ4v) is 6.84. The lowest BCUT2D eigenvalue weighted by Gasteiger charge is -2.45. The molecule has 198 valence electrons. The maximum absolute atomic E-state index is 14.1. The maximum Gasteiger partial charge on any atom is 0.329 e. The van der Waals surface area contributed by atoms with Crippen molar-refractivity contribution in [3.8, 4) is 0 Å². The van der Waals surface area contributed by atoms with Gasteiger partial charge in [0.05, 0.1) is 11.8 Å². The van der Waals surface area contributed by atoms with Gasteiger partial charge in [0, 0.05) is 22.4 Å². The highest BCUT2D eigenvalue weighted by atomic mass is 35.5. The molecule has 7 rings (SSSR count). The van der Waals surface area contributed by atoms with E-state index >= 15 is 0 Å². The number of nitrogens with zero attached hydrogens (tertiary/aromatic N) is 1. The summed E-state index contributed by atoms with van der Waals surface area (Å²) in [6.45, 7) is 3.36. The van der Waals surface area contributed by atoms with E-state index in [0.29, 0.717) is 10.6 Å². The van der Waals surface area contributed by atoms with Crippen molar-refractivity contribution in [1.29, 1.82) is 0 Å². The van der Waals surface area contributed by atoms with E-state index in [2.05, 4.69) is 0 Å². The van der Waals surface area contributed by atoms with Crippen LogP contribution in [0.3, 0.4) is 0 Å². The maximum atomic E-state index is 14.1. The average molecular weight is 542 g/mol. The Morgan fingerprint density at radius 1 is 0.795 bits per heavy atom. The molecule has 0 unspecified atom stereocenters. The molecule has 3 aromatic carbocycles. The van der Waals surface area contributed by atoms with Crippen molar-refractivity contribution in [3.63, 3.8) is 0 Å². The van der Waals surface area contributed by atoms with E-state index in [1.54, 1.807) is 24.3 Å². The topological polar surface area (TPSA) is 80.8 Å². The number of esters is 1. The number of rotatable bonds is 7. The van der Waals surface area contributed by atoms with Crippen molar-refractivity contribution in [3.05, 3.63) is 106 Å². The zero-order valence-corrected chi connectivity index (χ0v) is 22.4. The largest absolute Gasteiger partial charge is 0.456 e. The molecule has 3 aromatic rings. The minimum atomic E-state index is -1.10. The molecule has 39 heavy (non-hydrogen) atoms. The van der Waals surface area contributed by atoms with Gasteiger partial charge in [-0.1, -0.05) is 74.0 Å². The van der Waals surface area contributed by atoms with Crippen molar-refractivity contribution in [2.45, 2.75) is 38.1 Å². The average Bonchev–Trinajstić information content (AvgIpc) is 3.20. The van der Waals surface area contributed by atoms with Gasteiger partial charge in [0.25, 0.3) is 0 Å². The zero-order valence-electron chi connectivity index (χ0n) is 21.7. The van der Waals surface area contributed by atoms with Crippen LogP contribution in [0.5, 0.6) is 0 Å². The van der Waals surface area contributed by atoms with E-state index in [1.807, 2.05) is 62.4 Å². The molecular weight excluding hydrogens is 514 g/mol. The normalized spacial score (nSPS) is 23.3. The molecule has 0 saturated carbocycles. The number of hydrogen-bond donors (Lipinski definition) is 0.